The van der Waals surface area contributed by atoms with E-state index < -0.39 is 0 Å². The molecule has 0 radical (unpaired) electrons. The standard InChI is InChI=1S/C18H19N7O/c1-24(2)17-7-6-16-21-22-18(25(16)23-17)11-20-14-8-9-19-15-10-12(26-3)4-5-13(14)15/h4-10H,11H2,1-3H3,(H,19,20). The van der Waals surface area contributed by atoms with E-state index in [2.05, 4.69) is 25.6 Å². The lowest BCUT2D eigenvalue weighted by molar-refractivity contribution is 0.415. The Morgan fingerprint density at radius 2 is 2.00 bits per heavy atom. The largest absolute Gasteiger partial charge is 0.497 e. The molecule has 0 spiro atoms. The zero-order valence-electron chi connectivity index (χ0n) is 14.8. The molecular formula is C18H19N7O. The predicted octanol–water partition coefficient (Wildman–Crippen LogP) is 2.36. The lowest BCUT2D eigenvalue weighted by Crippen LogP contribution is -2.13. The third-order valence-electron chi connectivity index (χ3n) is 4.16. The van der Waals surface area contributed by atoms with Crippen molar-refractivity contribution in [2.75, 3.05) is 31.4 Å². The summed E-state index contributed by atoms with van der Waals surface area (Å²) in [5.41, 5.74) is 2.56. The van der Waals surface area contributed by atoms with Crippen LogP contribution in [-0.2, 0) is 6.54 Å². The van der Waals surface area contributed by atoms with Crippen LogP contribution < -0.4 is 15.0 Å². The topological polar surface area (TPSA) is 80.5 Å². The Morgan fingerprint density at radius 3 is 2.81 bits per heavy atom. The minimum Gasteiger partial charge on any atom is -0.497 e. The van der Waals surface area contributed by atoms with Crippen LogP contribution in [0.3, 0.4) is 0 Å². The van der Waals surface area contributed by atoms with Gasteiger partial charge in [0.15, 0.2) is 11.5 Å². The number of benzene rings is 1. The molecular weight excluding hydrogens is 330 g/mol. The molecule has 0 aliphatic rings. The molecule has 1 aromatic carbocycles. The van der Waals surface area contributed by atoms with Gasteiger partial charge in [0, 0.05) is 37.4 Å². The highest BCUT2D eigenvalue weighted by atomic mass is 16.5. The summed E-state index contributed by atoms with van der Waals surface area (Å²) in [4.78, 5) is 6.35. The summed E-state index contributed by atoms with van der Waals surface area (Å²) in [6, 6.07) is 11.6. The fourth-order valence-corrected chi connectivity index (χ4v) is 2.76. The van der Waals surface area contributed by atoms with Gasteiger partial charge in [-0.3, -0.25) is 4.98 Å². The van der Waals surface area contributed by atoms with E-state index in [1.54, 1.807) is 17.8 Å². The molecule has 0 saturated heterocycles. The normalized spacial score (nSPS) is 11.0. The van der Waals surface area contributed by atoms with Crippen molar-refractivity contribution in [1.82, 2.24) is 24.8 Å². The van der Waals surface area contributed by atoms with Crippen molar-refractivity contribution < 1.29 is 4.74 Å². The van der Waals surface area contributed by atoms with Crippen LogP contribution in [0.15, 0.2) is 42.6 Å². The van der Waals surface area contributed by atoms with Gasteiger partial charge in [0.25, 0.3) is 0 Å². The second kappa shape index (κ2) is 6.47. The van der Waals surface area contributed by atoms with Crippen molar-refractivity contribution >= 4 is 28.1 Å². The fourth-order valence-electron chi connectivity index (χ4n) is 2.76. The Morgan fingerprint density at radius 1 is 1.12 bits per heavy atom. The van der Waals surface area contributed by atoms with Gasteiger partial charge in [-0.25, -0.2) is 0 Å². The van der Waals surface area contributed by atoms with Gasteiger partial charge in [0.05, 0.1) is 19.2 Å². The first-order valence-corrected chi connectivity index (χ1v) is 8.21. The number of nitrogens with zero attached hydrogens (tertiary/aromatic N) is 6. The third-order valence-corrected chi connectivity index (χ3v) is 4.16. The second-order valence-corrected chi connectivity index (χ2v) is 6.07. The van der Waals surface area contributed by atoms with E-state index in [-0.39, 0.29) is 0 Å². The van der Waals surface area contributed by atoms with Crippen molar-refractivity contribution in [3.8, 4) is 5.75 Å². The van der Waals surface area contributed by atoms with E-state index in [1.165, 1.54) is 0 Å². The van der Waals surface area contributed by atoms with E-state index in [9.17, 15) is 0 Å². The maximum Gasteiger partial charge on any atom is 0.178 e. The molecule has 0 unspecified atom stereocenters. The van der Waals surface area contributed by atoms with Crippen LogP contribution in [0.4, 0.5) is 11.5 Å². The number of aromatic nitrogens is 5. The minimum atomic E-state index is 0.496. The van der Waals surface area contributed by atoms with Crippen molar-refractivity contribution in [2.24, 2.45) is 0 Å². The Hall–Kier alpha value is -3.42. The molecule has 26 heavy (non-hydrogen) atoms. The number of methoxy groups -OCH3 is 1. The van der Waals surface area contributed by atoms with Crippen LogP contribution in [0.25, 0.3) is 16.6 Å². The smallest absolute Gasteiger partial charge is 0.178 e. The molecule has 0 amide bonds. The molecule has 3 aromatic heterocycles. The quantitative estimate of drug-likeness (QED) is 0.592. The highest BCUT2D eigenvalue weighted by molar-refractivity contribution is 5.91. The second-order valence-electron chi connectivity index (χ2n) is 6.07. The molecule has 4 rings (SSSR count). The summed E-state index contributed by atoms with van der Waals surface area (Å²) in [6.07, 6.45) is 1.77. The van der Waals surface area contributed by atoms with E-state index in [1.807, 2.05) is 55.4 Å². The molecule has 0 bridgehead atoms. The third kappa shape index (κ3) is 2.85. The summed E-state index contributed by atoms with van der Waals surface area (Å²) < 4.78 is 7.02. The van der Waals surface area contributed by atoms with Gasteiger partial charge in [-0.05, 0) is 30.3 Å². The van der Waals surface area contributed by atoms with Gasteiger partial charge in [-0.15, -0.1) is 15.3 Å². The van der Waals surface area contributed by atoms with Gasteiger partial charge in [0.2, 0.25) is 0 Å². The number of ether oxygens (including phenoxy) is 1. The van der Waals surface area contributed by atoms with E-state index >= 15 is 0 Å². The highest BCUT2D eigenvalue weighted by Crippen LogP contribution is 2.25. The molecule has 4 aromatic rings. The van der Waals surface area contributed by atoms with Crippen molar-refractivity contribution in [2.45, 2.75) is 6.54 Å². The molecule has 8 nitrogen and oxygen atoms in total. The average molecular weight is 349 g/mol. The lowest BCUT2D eigenvalue weighted by Gasteiger charge is -2.12. The first-order chi connectivity index (χ1) is 12.7. The minimum absolute atomic E-state index is 0.496. The SMILES string of the molecule is COc1ccc2c(NCc3nnc4ccc(N(C)C)nn34)ccnc2c1. The maximum absolute atomic E-state index is 5.27. The lowest BCUT2D eigenvalue weighted by atomic mass is 10.2. The van der Waals surface area contributed by atoms with Gasteiger partial charge in [-0.2, -0.15) is 4.52 Å². The van der Waals surface area contributed by atoms with Gasteiger partial charge >= 0.3 is 0 Å². The number of rotatable bonds is 5. The van der Waals surface area contributed by atoms with Crippen molar-refractivity contribution in [3.63, 3.8) is 0 Å². The average Bonchev–Trinajstić information content (AvgIpc) is 3.08. The molecule has 1 N–H and O–H groups in total. The number of pyridine rings is 1. The molecule has 132 valence electrons. The van der Waals surface area contributed by atoms with E-state index in [0.29, 0.717) is 6.54 Å². The molecule has 0 atom stereocenters. The Balaban J connectivity index is 1.64. The van der Waals surface area contributed by atoms with Crippen molar-refractivity contribution in [1.29, 1.82) is 0 Å². The van der Waals surface area contributed by atoms with Gasteiger partial charge in [0.1, 0.15) is 11.6 Å². The van der Waals surface area contributed by atoms with Crippen molar-refractivity contribution in [3.05, 3.63) is 48.4 Å². The number of fused-ring (bicyclic) bond motifs is 2. The highest BCUT2D eigenvalue weighted by Gasteiger charge is 2.10. The van der Waals surface area contributed by atoms with Crippen LogP contribution in [0.1, 0.15) is 5.82 Å². The maximum atomic E-state index is 5.27. The zero-order valence-corrected chi connectivity index (χ0v) is 14.8. The molecule has 0 fully saturated rings. The number of nitrogens with one attached hydrogen (secondary N) is 1. The number of hydrogen-bond donors (Lipinski definition) is 1. The van der Waals surface area contributed by atoms with Gasteiger partial charge in [-0.1, -0.05) is 0 Å². The zero-order chi connectivity index (χ0) is 18.1. The molecule has 8 heteroatoms. The Kier molecular flexibility index (Phi) is 4.00. The van der Waals surface area contributed by atoms with Crippen LogP contribution in [0.2, 0.25) is 0 Å². The first kappa shape index (κ1) is 16.1. The monoisotopic (exact) mass is 349 g/mol. The summed E-state index contributed by atoms with van der Waals surface area (Å²) in [7, 11) is 5.55. The predicted molar refractivity (Wildman–Crippen MR) is 101 cm³/mol. The van der Waals surface area contributed by atoms with Crippen LogP contribution >= 0.6 is 0 Å². The summed E-state index contributed by atoms with van der Waals surface area (Å²) >= 11 is 0. The molecule has 3 heterocycles. The molecule has 0 aliphatic carbocycles. The summed E-state index contributed by atoms with van der Waals surface area (Å²) in [6.45, 7) is 0.496. The Labute approximate surface area is 150 Å². The van der Waals surface area contributed by atoms with Crippen LogP contribution in [-0.4, -0.2) is 46.0 Å². The number of hydrogen-bond acceptors (Lipinski definition) is 7. The molecule has 0 saturated carbocycles. The van der Waals surface area contributed by atoms with Gasteiger partial charge < -0.3 is 15.0 Å². The summed E-state index contributed by atoms with van der Waals surface area (Å²) in [5, 5.41) is 17.4. The summed E-state index contributed by atoms with van der Waals surface area (Å²) in [5.74, 6) is 2.37. The van der Waals surface area contributed by atoms with Crippen LogP contribution in [0.5, 0.6) is 5.75 Å². The van der Waals surface area contributed by atoms with Crippen LogP contribution in [0, 0.1) is 0 Å². The molecule has 0 aliphatic heterocycles. The number of anilines is 2. The fraction of sp³-hybridized carbons (Fsp3) is 0.222. The Bertz CT molecular complexity index is 1070. The van der Waals surface area contributed by atoms with E-state index in [4.69, 9.17) is 4.74 Å². The van der Waals surface area contributed by atoms with E-state index in [0.717, 1.165) is 39.6 Å². The first-order valence-electron chi connectivity index (χ1n) is 8.21.